The van der Waals surface area contributed by atoms with Crippen molar-refractivity contribution in [1.82, 2.24) is 10.2 Å². The van der Waals surface area contributed by atoms with Gasteiger partial charge in [0.15, 0.2) is 0 Å². The Hall–Kier alpha value is -2.04. The summed E-state index contributed by atoms with van der Waals surface area (Å²) in [4.78, 5) is 12.0. The van der Waals surface area contributed by atoms with Crippen LogP contribution in [-0.2, 0) is 11.0 Å². The minimum Gasteiger partial charge on any atom is -0.411 e. The summed E-state index contributed by atoms with van der Waals surface area (Å²) >= 11 is 9.85. The van der Waals surface area contributed by atoms with E-state index in [4.69, 9.17) is 16.0 Å². The second kappa shape index (κ2) is 8.54. The van der Waals surface area contributed by atoms with Crippen molar-refractivity contribution in [3.63, 3.8) is 0 Å². The van der Waals surface area contributed by atoms with Crippen LogP contribution in [0.3, 0.4) is 0 Å². The lowest BCUT2D eigenvalue weighted by molar-refractivity contribution is -0.137. The van der Waals surface area contributed by atoms with Crippen LogP contribution < -0.4 is 5.32 Å². The molecule has 3 rings (SSSR count). The Labute approximate surface area is 174 Å². The number of rotatable bonds is 5. The fourth-order valence-electron chi connectivity index (χ4n) is 2.12. The molecule has 0 aliphatic carbocycles. The highest BCUT2D eigenvalue weighted by Gasteiger charge is 2.33. The van der Waals surface area contributed by atoms with Crippen molar-refractivity contribution in [2.24, 2.45) is 0 Å². The highest BCUT2D eigenvalue weighted by molar-refractivity contribution is 9.10. The number of benzene rings is 2. The number of hydrogen-bond acceptors (Lipinski definition) is 5. The van der Waals surface area contributed by atoms with Crippen molar-refractivity contribution < 1.29 is 22.4 Å². The minimum absolute atomic E-state index is 0.0107. The van der Waals surface area contributed by atoms with Crippen molar-refractivity contribution in [2.75, 3.05) is 11.1 Å². The number of hydrogen-bond donors (Lipinski definition) is 1. The largest absolute Gasteiger partial charge is 0.417 e. The molecule has 0 fully saturated rings. The maximum atomic E-state index is 12.9. The Morgan fingerprint density at radius 3 is 2.57 bits per heavy atom. The molecule has 1 N–H and O–H groups in total. The van der Waals surface area contributed by atoms with Gasteiger partial charge >= 0.3 is 6.18 Å². The molecule has 0 spiro atoms. The molecule has 0 aliphatic rings. The summed E-state index contributed by atoms with van der Waals surface area (Å²) < 4.78 is 45.0. The zero-order valence-electron chi connectivity index (χ0n) is 13.8. The molecule has 146 valence electrons. The van der Waals surface area contributed by atoms with Gasteiger partial charge < -0.3 is 9.73 Å². The zero-order valence-corrected chi connectivity index (χ0v) is 16.9. The Kier molecular flexibility index (Phi) is 6.31. The number of alkyl halides is 3. The van der Waals surface area contributed by atoms with E-state index in [1.165, 1.54) is 6.07 Å². The third-order valence-electron chi connectivity index (χ3n) is 3.38. The molecule has 0 atom stereocenters. The van der Waals surface area contributed by atoms with E-state index in [9.17, 15) is 18.0 Å². The molecule has 11 heteroatoms. The molecule has 0 radical (unpaired) electrons. The molecule has 5 nitrogen and oxygen atoms in total. The summed E-state index contributed by atoms with van der Waals surface area (Å²) in [5, 5.41) is 9.85. The van der Waals surface area contributed by atoms with Crippen LogP contribution in [0.2, 0.25) is 5.02 Å². The smallest absolute Gasteiger partial charge is 0.411 e. The standard InChI is InChI=1S/C17H10BrClF3N3O2S/c18-10-3-1-9(2-4-10)15-24-25-16(27-15)28-8-14(26)23-11-5-6-13(19)12(7-11)17(20,21)22/h1-7H,8H2,(H,23,26). The molecule has 0 unspecified atom stereocenters. The molecular weight excluding hydrogens is 483 g/mol. The Morgan fingerprint density at radius 2 is 1.89 bits per heavy atom. The second-order valence-electron chi connectivity index (χ2n) is 5.41. The van der Waals surface area contributed by atoms with Crippen LogP contribution in [0.25, 0.3) is 11.5 Å². The number of carbonyl (C=O) groups is 1. The SMILES string of the molecule is O=C(CSc1nnc(-c2ccc(Br)cc2)o1)Nc1ccc(Cl)c(C(F)(F)F)c1. The van der Waals surface area contributed by atoms with Crippen molar-refractivity contribution in [2.45, 2.75) is 11.4 Å². The molecule has 3 aromatic rings. The average molecular weight is 493 g/mol. The summed E-state index contributed by atoms with van der Waals surface area (Å²) in [6.07, 6.45) is -4.61. The van der Waals surface area contributed by atoms with Gasteiger partial charge in [-0.05, 0) is 42.5 Å². The van der Waals surface area contributed by atoms with Crippen LogP contribution in [0.15, 0.2) is 56.6 Å². The van der Waals surface area contributed by atoms with Crippen molar-refractivity contribution >= 4 is 50.9 Å². The maximum Gasteiger partial charge on any atom is 0.417 e. The number of aromatic nitrogens is 2. The summed E-state index contributed by atoms with van der Waals surface area (Å²) in [6, 6.07) is 10.4. The molecule has 1 heterocycles. The van der Waals surface area contributed by atoms with Crippen LogP contribution in [0.5, 0.6) is 0 Å². The van der Waals surface area contributed by atoms with Crippen LogP contribution in [0.1, 0.15) is 5.56 Å². The van der Waals surface area contributed by atoms with Gasteiger partial charge in [0, 0.05) is 15.7 Å². The van der Waals surface area contributed by atoms with Gasteiger partial charge in [-0.25, -0.2) is 0 Å². The van der Waals surface area contributed by atoms with Crippen LogP contribution >= 0.6 is 39.3 Å². The topological polar surface area (TPSA) is 68.0 Å². The monoisotopic (exact) mass is 491 g/mol. The first-order valence-electron chi connectivity index (χ1n) is 7.61. The number of carbonyl (C=O) groups excluding carboxylic acids is 1. The average Bonchev–Trinajstić information content (AvgIpc) is 3.10. The summed E-state index contributed by atoms with van der Waals surface area (Å²) in [6.45, 7) is 0. The van der Waals surface area contributed by atoms with Crippen molar-refractivity contribution in [3.8, 4) is 11.5 Å². The normalized spacial score (nSPS) is 11.5. The fourth-order valence-corrected chi connectivity index (χ4v) is 3.17. The van der Waals surface area contributed by atoms with E-state index in [1.54, 1.807) is 12.1 Å². The third kappa shape index (κ3) is 5.27. The van der Waals surface area contributed by atoms with Crippen molar-refractivity contribution in [3.05, 3.63) is 57.5 Å². The van der Waals surface area contributed by atoms with E-state index in [2.05, 4.69) is 31.4 Å². The predicted octanol–water partition coefficient (Wildman–Crippen LogP) is 5.90. The van der Waals surface area contributed by atoms with Gasteiger partial charge in [-0.15, -0.1) is 10.2 Å². The predicted molar refractivity (Wildman–Crippen MR) is 103 cm³/mol. The van der Waals surface area contributed by atoms with E-state index < -0.39 is 22.7 Å². The second-order valence-corrected chi connectivity index (χ2v) is 7.66. The minimum atomic E-state index is -4.61. The summed E-state index contributed by atoms with van der Waals surface area (Å²) in [5.41, 5.74) is -0.313. The van der Waals surface area contributed by atoms with E-state index in [0.717, 1.165) is 28.4 Å². The van der Waals surface area contributed by atoms with Gasteiger partial charge in [0.1, 0.15) is 0 Å². The number of halogens is 5. The molecule has 0 bridgehead atoms. The highest BCUT2D eigenvalue weighted by Crippen LogP contribution is 2.36. The van der Waals surface area contributed by atoms with E-state index in [-0.39, 0.29) is 16.7 Å². The van der Waals surface area contributed by atoms with Crippen molar-refractivity contribution in [1.29, 1.82) is 0 Å². The van der Waals surface area contributed by atoms with Crippen LogP contribution in [0.4, 0.5) is 18.9 Å². The highest BCUT2D eigenvalue weighted by atomic mass is 79.9. The third-order valence-corrected chi connectivity index (χ3v) is 5.06. The van der Waals surface area contributed by atoms with Gasteiger partial charge in [0.25, 0.3) is 5.22 Å². The lowest BCUT2D eigenvalue weighted by Gasteiger charge is -2.11. The number of thioether (sulfide) groups is 1. The van der Waals surface area contributed by atoms with Gasteiger partial charge in [-0.1, -0.05) is 39.3 Å². The number of nitrogens with one attached hydrogen (secondary N) is 1. The van der Waals surface area contributed by atoms with E-state index in [1.807, 2.05) is 12.1 Å². The molecule has 2 aromatic carbocycles. The van der Waals surface area contributed by atoms with Gasteiger partial charge in [-0.2, -0.15) is 13.2 Å². The van der Waals surface area contributed by atoms with Gasteiger partial charge in [0.05, 0.1) is 16.3 Å². The fraction of sp³-hybridized carbons (Fsp3) is 0.118. The van der Waals surface area contributed by atoms with E-state index in [0.29, 0.717) is 11.5 Å². The Morgan fingerprint density at radius 1 is 1.18 bits per heavy atom. The lowest BCUT2D eigenvalue weighted by Crippen LogP contribution is -2.15. The molecule has 0 aliphatic heterocycles. The number of anilines is 1. The lowest BCUT2D eigenvalue weighted by atomic mass is 10.2. The Balaban J connectivity index is 1.60. The molecule has 28 heavy (non-hydrogen) atoms. The molecule has 1 amide bonds. The van der Waals surface area contributed by atoms with Gasteiger partial charge in [0.2, 0.25) is 11.8 Å². The first kappa shape index (κ1) is 20.7. The Bertz CT molecular complexity index is 996. The summed E-state index contributed by atoms with van der Waals surface area (Å²) in [5.74, 6) is -0.349. The first-order chi connectivity index (χ1) is 13.2. The molecular formula is C17H10BrClF3N3O2S. The van der Waals surface area contributed by atoms with Crippen LogP contribution in [0, 0.1) is 0 Å². The summed E-state index contributed by atoms with van der Waals surface area (Å²) in [7, 11) is 0. The first-order valence-corrected chi connectivity index (χ1v) is 9.77. The molecule has 1 aromatic heterocycles. The molecule has 0 saturated heterocycles. The molecule has 0 saturated carbocycles. The maximum absolute atomic E-state index is 12.9. The van der Waals surface area contributed by atoms with E-state index >= 15 is 0 Å². The van der Waals surface area contributed by atoms with Crippen LogP contribution in [-0.4, -0.2) is 21.9 Å². The quantitative estimate of drug-likeness (QED) is 0.449. The number of nitrogens with zero attached hydrogens (tertiary/aromatic N) is 2. The van der Waals surface area contributed by atoms with Gasteiger partial charge in [-0.3, -0.25) is 4.79 Å². The zero-order chi connectivity index (χ0) is 20.3. The number of amides is 1.